The van der Waals surface area contributed by atoms with Gasteiger partial charge >= 0.3 is 5.97 Å². The van der Waals surface area contributed by atoms with Crippen LogP contribution in [0.25, 0.3) is 0 Å². The van der Waals surface area contributed by atoms with Gasteiger partial charge in [0.05, 0.1) is 36.7 Å². The lowest BCUT2D eigenvalue weighted by molar-refractivity contribution is -0.149. The van der Waals surface area contributed by atoms with Crippen LogP contribution in [0, 0.1) is 5.92 Å². The van der Waals surface area contributed by atoms with Gasteiger partial charge in [-0.3, -0.25) is 4.79 Å². The largest absolute Gasteiger partial charge is 0.478 e. The van der Waals surface area contributed by atoms with Crippen molar-refractivity contribution in [1.82, 2.24) is 4.98 Å². The number of carbonyl (C=O) groups is 1. The molecule has 1 aromatic heterocycles. The van der Waals surface area contributed by atoms with Gasteiger partial charge in [-0.25, -0.2) is 4.98 Å². The molecule has 1 fully saturated rings. The van der Waals surface area contributed by atoms with E-state index in [9.17, 15) is 4.79 Å². The maximum atomic E-state index is 11.8. The predicted octanol–water partition coefficient (Wildman–Crippen LogP) is 2.99. The van der Waals surface area contributed by atoms with Crippen LogP contribution in [0.1, 0.15) is 46.0 Å². The van der Waals surface area contributed by atoms with E-state index in [4.69, 9.17) is 15.2 Å². The number of ether oxygens (including phenoxy) is 2. The van der Waals surface area contributed by atoms with E-state index >= 15 is 0 Å². The maximum Gasteiger partial charge on any atom is 0.308 e. The molecule has 6 heteroatoms. The monoisotopic (exact) mass is 321 g/mol. The molecule has 1 aliphatic carbocycles. The Bertz CT molecular complexity index is 514. The predicted molar refractivity (Wildman–Crippen MR) is 90.4 cm³/mol. The molecule has 0 amide bonds. The lowest BCUT2D eigenvalue weighted by Gasteiger charge is -2.29. The van der Waals surface area contributed by atoms with Crippen molar-refractivity contribution in [2.24, 2.45) is 5.92 Å². The zero-order valence-corrected chi connectivity index (χ0v) is 14.0. The number of pyridine rings is 1. The summed E-state index contributed by atoms with van der Waals surface area (Å²) in [5.74, 6) is 0.555. The summed E-state index contributed by atoms with van der Waals surface area (Å²) in [6.45, 7) is 4.99. The molecule has 23 heavy (non-hydrogen) atoms. The van der Waals surface area contributed by atoms with Crippen molar-refractivity contribution in [1.29, 1.82) is 0 Å². The van der Waals surface area contributed by atoms with Crippen molar-refractivity contribution in [3.8, 4) is 5.88 Å². The average Bonchev–Trinajstić information content (AvgIpc) is 2.56. The minimum atomic E-state index is -0.0652. The Kier molecular flexibility index (Phi) is 6.50. The number of nitrogens with zero attached hydrogens (tertiary/aromatic N) is 1. The highest BCUT2D eigenvalue weighted by atomic mass is 16.5. The molecule has 0 unspecified atom stereocenters. The Hall–Kier alpha value is -1.98. The first-order chi connectivity index (χ1) is 11.1. The second-order valence-electron chi connectivity index (χ2n) is 5.90. The normalized spacial score (nSPS) is 20.8. The highest BCUT2D eigenvalue weighted by Crippen LogP contribution is 2.30. The van der Waals surface area contributed by atoms with E-state index in [0.717, 1.165) is 37.8 Å². The number of anilines is 2. The number of hydrogen-bond acceptors (Lipinski definition) is 6. The Morgan fingerprint density at radius 2 is 2.09 bits per heavy atom. The quantitative estimate of drug-likeness (QED) is 0.751. The second-order valence-corrected chi connectivity index (χ2v) is 5.90. The fourth-order valence-corrected chi connectivity index (χ4v) is 2.81. The van der Waals surface area contributed by atoms with Gasteiger partial charge in [-0.05, 0) is 39.0 Å². The Morgan fingerprint density at radius 3 is 2.74 bits per heavy atom. The molecule has 3 N–H and O–H groups in total. The van der Waals surface area contributed by atoms with E-state index in [2.05, 4.69) is 17.2 Å². The minimum Gasteiger partial charge on any atom is -0.478 e. The molecule has 0 atom stereocenters. The minimum absolute atomic E-state index is 0.0336. The summed E-state index contributed by atoms with van der Waals surface area (Å²) in [7, 11) is 0. The summed E-state index contributed by atoms with van der Waals surface area (Å²) in [5, 5.41) is 3.46. The van der Waals surface area contributed by atoms with Gasteiger partial charge in [0.15, 0.2) is 0 Å². The SMILES string of the molecule is CCCOc1cc(NC2CCC(C(=O)OCC)CC2)c(N)cn1. The number of esters is 1. The third-order valence-corrected chi connectivity index (χ3v) is 4.07. The van der Waals surface area contributed by atoms with Crippen molar-refractivity contribution in [3.05, 3.63) is 12.3 Å². The van der Waals surface area contributed by atoms with Crippen LogP contribution >= 0.6 is 0 Å². The number of nitrogens with one attached hydrogen (secondary N) is 1. The smallest absolute Gasteiger partial charge is 0.308 e. The molecular weight excluding hydrogens is 294 g/mol. The van der Waals surface area contributed by atoms with Gasteiger partial charge < -0.3 is 20.5 Å². The lowest BCUT2D eigenvalue weighted by atomic mass is 9.86. The molecule has 0 bridgehead atoms. The van der Waals surface area contributed by atoms with Crippen LogP contribution in [0.4, 0.5) is 11.4 Å². The number of nitrogen functional groups attached to an aromatic ring is 1. The van der Waals surface area contributed by atoms with Crippen molar-refractivity contribution in [3.63, 3.8) is 0 Å². The van der Waals surface area contributed by atoms with Crippen LogP contribution in [0.15, 0.2) is 12.3 Å². The molecule has 128 valence electrons. The van der Waals surface area contributed by atoms with Gasteiger partial charge in [0.2, 0.25) is 5.88 Å². The van der Waals surface area contributed by atoms with E-state index in [0.29, 0.717) is 30.8 Å². The van der Waals surface area contributed by atoms with Crippen LogP contribution < -0.4 is 15.8 Å². The molecule has 1 saturated carbocycles. The van der Waals surface area contributed by atoms with E-state index in [-0.39, 0.29) is 11.9 Å². The molecule has 1 aliphatic rings. The first kappa shape index (κ1) is 17.4. The van der Waals surface area contributed by atoms with E-state index < -0.39 is 0 Å². The first-order valence-electron chi connectivity index (χ1n) is 8.45. The molecule has 0 aromatic carbocycles. The standard InChI is InChI=1S/C17H27N3O3/c1-3-9-23-16-10-15(14(18)11-19-16)20-13-7-5-12(6-8-13)17(21)22-4-2/h10-13H,3-9,18H2,1-2H3,(H,19,20). The van der Waals surface area contributed by atoms with E-state index in [1.54, 1.807) is 6.20 Å². The first-order valence-corrected chi connectivity index (χ1v) is 8.45. The summed E-state index contributed by atoms with van der Waals surface area (Å²) in [5.41, 5.74) is 7.46. The summed E-state index contributed by atoms with van der Waals surface area (Å²) in [4.78, 5) is 16.0. The van der Waals surface area contributed by atoms with Crippen LogP contribution in [0.5, 0.6) is 5.88 Å². The molecule has 0 spiro atoms. The van der Waals surface area contributed by atoms with Crippen LogP contribution in [0.3, 0.4) is 0 Å². The zero-order valence-electron chi connectivity index (χ0n) is 14.0. The Balaban J connectivity index is 1.89. The summed E-state index contributed by atoms with van der Waals surface area (Å²) in [6, 6.07) is 2.16. The third kappa shape index (κ3) is 5.01. The third-order valence-electron chi connectivity index (χ3n) is 4.07. The van der Waals surface area contributed by atoms with Crippen molar-refractivity contribution in [2.45, 2.75) is 52.0 Å². The molecule has 0 aliphatic heterocycles. The molecule has 6 nitrogen and oxygen atoms in total. The summed E-state index contributed by atoms with van der Waals surface area (Å²) in [6.07, 6.45) is 6.11. The second kappa shape index (κ2) is 8.60. The number of nitrogens with two attached hydrogens (primary N) is 1. The number of carbonyl (C=O) groups excluding carboxylic acids is 1. The molecule has 0 radical (unpaired) electrons. The fourth-order valence-electron chi connectivity index (χ4n) is 2.81. The number of rotatable bonds is 7. The van der Waals surface area contributed by atoms with Gasteiger partial charge in [0.1, 0.15) is 0 Å². The van der Waals surface area contributed by atoms with Gasteiger partial charge in [-0.2, -0.15) is 0 Å². The van der Waals surface area contributed by atoms with E-state index in [1.807, 2.05) is 13.0 Å². The maximum absolute atomic E-state index is 11.8. The molecule has 1 aromatic rings. The molecule has 1 heterocycles. The van der Waals surface area contributed by atoms with Gasteiger partial charge in [0, 0.05) is 12.1 Å². The Morgan fingerprint density at radius 1 is 1.35 bits per heavy atom. The van der Waals surface area contributed by atoms with Crippen molar-refractivity contribution >= 4 is 17.3 Å². The summed E-state index contributed by atoms with van der Waals surface area (Å²) >= 11 is 0. The topological polar surface area (TPSA) is 86.5 Å². The molecule has 0 saturated heterocycles. The lowest BCUT2D eigenvalue weighted by Crippen LogP contribution is -2.30. The van der Waals surface area contributed by atoms with Gasteiger partial charge in [-0.1, -0.05) is 6.92 Å². The van der Waals surface area contributed by atoms with Crippen LogP contribution in [-0.4, -0.2) is 30.2 Å². The van der Waals surface area contributed by atoms with E-state index in [1.165, 1.54) is 0 Å². The highest BCUT2D eigenvalue weighted by Gasteiger charge is 2.27. The number of aromatic nitrogens is 1. The Labute approximate surface area is 137 Å². The van der Waals surface area contributed by atoms with Crippen molar-refractivity contribution < 1.29 is 14.3 Å². The fraction of sp³-hybridized carbons (Fsp3) is 0.647. The number of hydrogen-bond donors (Lipinski definition) is 2. The van der Waals surface area contributed by atoms with Crippen molar-refractivity contribution in [2.75, 3.05) is 24.3 Å². The highest BCUT2D eigenvalue weighted by molar-refractivity contribution is 5.72. The van der Waals surface area contributed by atoms with Gasteiger partial charge in [-0.15, -0.1) is 0 Å². The van der Waals surface area contributed by atoms with Crippen LogP contribution in [0.2, 0.25) is 0 Å². The molecular formula is C17H27N3O3. The molecule has 2 rings (SSSR count). The van der Waals surface area contributed by atoms with Gasteiger partial charge in [0.25, 0.3) is 0 Å². The zero-order chi connectivity index (χ0) is 16.7. The summed E-state index contributed by atoms with van der Waals surface area (Å²) < 4.78 is 10.7. The average molecular weight is 321 g/mol. The van der Waals surface area contributed by atoms with Crippen LogP contribution in [-0.2, 0) is 9.53 Å².